The lowest BCUT2D eigenvalue weighted by Gasteiger charge is -2.07. The number of hydrogen-bond donors (Lipinski definition) is 2. The van der Waals surface area contributed by atoms with Gasteiger partial charge in [0.15, 0.2) is 0 Å². The van der Waals surface area contributed by atoms with Gasteiger partial charge in [-0.1, -0.05) is 6.92 Å². The van der Waals surface area contributed by atoms with Crippen LogP contribution in [-0.2, 0) is 10.0 Å². The molecule has 2 rings (SSSR count). The SMILES string of the molecule is CCNCCNS(=O)(=O)c1ccc2oc(=O)ccc2c1.Cl. The lowest BCUT2D eigenvalue weighted by atomic mass is 10.2. The molecule has 0 bridgehead atoms. The van der Waals surface area contributed by atoms with E-state index in [2.05, 4.69) is 10.0 Å². The molecule has 0 aliphatic heterocycles. The molecule has 6 nitrogen and oxygen atoms in total. The molecule has 0 saturated carbocycles. The largest absolute Gasteiger partial charge is 0.423 e. The Kier molecular flexibility index (Phi) is 6.35. The van der Waals surface area contributed by atoms with Gasteiger partial charge in [0.05, 0.1) is 4.90 Å². The summed E-state index contributed by atoms with van der Waals surface area (Å²) in [6, 6.07) is 7.18. The lowest BCUT2D eigenvalue weighted by Crippen LogP contribution is -2.31. The van der Waals surface area contributed by atoms with Crippen LogP contribution in [0.2, 0.25) is 0 Å². The smallest absolute Gasteiger partial charge is 0.336 e. The minimum atomic E-state index is -3.55. The summed E-state index contributed by atoms with van der Waals surface area (Å²) < 4.78 is 31.6. The average molecular weight is 333 g/mol. The van der Waals surface area contributed by atoms with E-state index in [1.165, 1.54) is 24.3 Å². The zero-order valence-corrected chi connectivity index (χ0v) is 13.1. The first-order valence-electron chi connectivity index (χ1n) is 6.27. The Morgan fingerprint density at radius 1 is 1.14 bits per heavy atom. The predicted octanol–water partition coefficient (Wildman–Crippen LogP) is 1.10. The van der Waals surface area contributed by atoms with Gasteiger partial charge in [0, 0.05) is 24.5 Å². The van der Waals surface area contributed by atoms with E-state index in [-0.39, 0.29) is 17.3 Å². The molecular formula is C13H17ClN2O4S. The van der Waals surface area contributed by atoms with Gasteiger partial charge in [0.2, 0.25) is 10.0 Å². The fourth-order valence-electron chi connectivity index (χ4n) is 1.75. The Hall–Kier alpha value is -1.41. The maximum Gasteiger partial charge on any atom is 0.336 e. The fraction of sp³-hybridized carbons (Fsp3) is 0.308. The van der Waals surface area contributed by atoms with E-state index in [0.29, 0.717) is 24.1 Å². The van der Waals surface area contributed by atoms with Crippen molar-refractivity contribution in [3.05, 3.63) is 40.8 Å². The van der Waals surface area contributed by atoms with Crippen LogP contribution in [-0.4, -0.2) is 28.1 Å². The van der Waals surface area contributed by atoms with E-state index in [1.54, 1.807) is 6.07 Å². The van der Waals surface area contributed by atoms with Crippen LogP contribution in [0.4, 0.5) is 0 Å². The summed E-state index contributed by atoms with van der Waals surface area (Å²) in [5.41, 5.74) is -0.0963. The van der Waals surface area contributed by atoms with Crippen molar-refractivity contribution in [1.82, 2.24) is 10.0 Å². The van der Waals surface area contributed by atoms with Crippen LogP contribution in [0, 0.1) is 0 Å². The summed E-state index contributed by atoms with van der Waals surface area (Å²) in [6.07, 6.45) is 0. The maximum absolute atomic E-state index is 12.1. The number of nitrogens with one attached hydrogen (secondary N) is 2. The summed E-state index contributed by atoms with van der Waals surface area (Å²) >= 11 is 0. The van der Waals surface area contributed by atoms with E-state index in [9.17, 15) is 13.2 Å². The monoisotopic (exact) mass is 332 g/mol. The first kappa shape index (κ1) is 17.6. The molecule has 116 valence electrons. The van der Waals surface area contributed by atoms with Gasteiger partial charge in [-0.15, -0.1) is 12.4 Å². The summed E-state index contributed by atoms with van der Waals surface area (Å²) in [5, 5.41) is 3.60. The molecule has 0 radical (unpaired) electrons. The van der Waals surface area contributed by atoms with Crippen molar-refractivity contribution in [1.29, 1.82) is 0 Å². The van der Waals surface area contributed by atoms with Crippen molar-refractivity contribution >= 4 is 33.4 Å². The van der Waals surface area contributed by atoms with Crippen molar-refractivity contribution in [3.8, 4) is 0 Å². The molecule has 0 aliphatic carbocycles. The summed E-state index contributed by atoms with van der Waals surface area (Å²) in [4.78, 5) is 11.2. The van der Waals surface area contributed by atoms with Gasteiger partial charge in [0.25, 0.3) is 0 Å². The standard InChI is InChI=1S/C13H16N2O4S.ClH/c1-2-14-7-8-15-20(17,18)11-4-5-12-10(9-11)3-6-13(16)19-12;/h3-6,9,14-15H,2,7-8H2,1H3;1H. The molecule has 21 heavy (non-hydrogen) atoms. The first-order valence-corrected chi connectivity index (χ1v) is 7.75. The molecule has 8 heteroatoms. The molecule has 0 amide bonds. The summed E-state index contributed by atoms with van der Waals surface area (Å²) in [5.74, 6) is 0. The number of sulfonamides is 1. The van der Waals surface area contributed by atoms with E-state index >= 15 is 0 Å². The van der Waals surface area contributed by atoms with E-state index in [1.807, 2.05) is 6.92 Å². The molecule has 2 N–H and O–H groups in total. The van der Waals surface area contributed by atoms with Gasteiger partial charge >= 0.3 is 5.63 Å². The number of halogens is 1. The minimum absolute atomic E-state index is 0. The highest BCUT2D eigenvalue weighted by molar-refractivity contribution is 7.89. The summed E-state index contributed by atoms with van der Waals surface area (Å²) in [7, 11) is -3.55. The van der Waals surface area contributed by atoms with Crippen LogP contribution in [0.15, 0.2) is 44.4 Å². The molecule has 1 aromatic heterocycles. The van der Waals surface area contributed by atoms with Crippen molar-refractivity contribution < 1.29 is 12.8 Å². The van der Waals surface area contributed by atoms with Crippen LogP contribution in [0.1, 0.15) is 6.92 Å². The second-order valence-corrected chi connectivity index (χ2v) is 5.97. The van der Waals surface area contributed by atoms with Gasteiger partial charge in [-0.3, -0.25) is 0 Å². The van der Waals surface area contributed by atoms with Crippen molar-refractivity contribution in [3.63, 3.8) is 0 Å². The zero-order chi connectivity index (χ0) is 14.6. The molecule has 0 aliphatic rings. The third-order valence-corrected chi connectivity index (χ3v) is 4.20. The van der Waals surface area contributed by atoms with Crippen LogP contribution in [0.3, 0.4) is 0 Å². The predicted molar refractivity (Wildman–Crippen MR) is 83.5 cm³/mol. The zero-order valence-electron chi connectivity index (χ0n) is 11.5. The molecule has 0 atom stereocenters. The van der Waals surface area contributed by atoms with Crippen LogP contribution in [0.5, 0.6) is 0 Å². The molecular weight excluding hydrogens is 316 g/mol. The van der Waals surface area contributed by atoms with Crippen LogP contribution in [0.25, 0.3) is 11.0 Å². The molecule has 0 fully saturated rings. The Morgan fingerprint density at radius 2 is 1.90 bits per heavy atom. The number of benzene rings is 1. The van der Waals surface area contributed by atoms with Crippen molar-refractivity contribution in [2.45, 2.75) is 11.8 Å². The second kappa shape index (κ2) is 7.56. The lowest BCUT2D eigenvalue weighted by molar-refractivity contribution is 0.560. The topological polar surface area (TPSA) is 88.4 Å². The first-order chi connectivity index (χ1) is 9.53. The number of rotatable bonds is 6. The van der Waals surface area contributed by atoms with Crippen molar-refractivity contribution in [2.75, 3.05) is 19.6 Å². The highest BCUT2D eigenvalue weighted by atomic mass is 35.5. The highest BCUT2D eigenvalue weighted by Crippen LogP contribution is 2.17. The third-order valence-electron chi connectivity index (χ3n) is 2.74. The number of hydrogen-bond acceptors (Lipinski definition) is 5. The minimum Gasteiger partial charge on any atom is -0.423 e. The Labute approximate surface area is 129 Å². The molecule has 0 unspecified atom stereocenters. The van der Waals surface area contributed by atoms with Crippen LogP contribution >= 0.6 is 12.4 Å². The third kappa shape index (κ3) is 4.53. The Bertz CT molecular complexity index is 758. The van der Waals surface area contributed by atoms with Crippen molar-refractivity contribution in [2.24, 2.45) is 0 Å². The maximum atomic E-state index is 12.1. The van der Waals surface area contributed by atoms with E-state index < -0.39 is 15.6 Å². The van der Waals surface area contributed by atoms with Gasteiger partial charge < -0.3 is 9.73 Å². The Morgan fingerprint density at radius 3 is 2.62 bits per heavy atom. The Balaban J connectivity index is 0.00000220. The van der Waals surface area contributed by atoms with E-state index in [0.717, 1.165) is 6.54 Å². The van der Waals surface area contributed by atoms with E-state index in [4.69, 9.17) is 4.42 Å². The average Bonchev–Trinajstić information content (AvgIpc) is 2.43. The van der Waals surface area contributed by atoms with Gasteiger partial charge in [0.1, 0.15) is 5.58 Å². The molecule has 0 saturated heterocycles. The molecule has 0 spiro atoms. The molecule has 2 aromatic rings. The number of fused-ring (bicyclic) bond motifs is 1. The van der Waals surface area contributed by atoms with Crippen LogP contribution < -0.4 is 15.7 Å². The summed E-state index contributed by atoms with van der Waals surface area (Å²) in [6.45, 7) is 3.62. The van der Waals surface area contributed by atoms with Gasteiger partial charge in [-0.05, 0) is 30.8 Å². The fourth-order valence-corrected chi connectivity index (χ4v) is 2.82. The normalized spacial score (nSPS) is 11.3. The number of likely N-dealkylation sites (N-methyl/N-ethyl adjacent to an activating group) is 1. The molecule has 1 aromatic carbocycles. The molecule has 1 heterocycles. The highest BCUT2D eigenvalue weighted by Gasteiger charge is 2.14. The van der Waals surface area contributed by atoms with Gasteiger partial charge in [-0.25, -0.2) is 17.9 Å². The quantitative estimate of drug-likeness (QED) is 0.611. The second-order valence-electron chi connectivity index (χ2n) is 4.21. The van der Waals surface area contributed by atoms with Gasteiger partial charge in [-0.2, -0.15) is 0 Å².